The van der Waals surface area contributed by atoms with Crippen molar-refractivity contribution in [2.75, 3.05) is 25.5 Å². The lowest BCUT2D eigenvalue weighted by molar-refractivity contribution is -0.143. The number of alkyl halides is 6. The number of piperidine rings is 3. The van der Waals surface area contributed by atoms with E-state index < -0.39 is 46.8 Å². The molecule has 3 fully saturated rings. The van der Waals surface area contributed by atoms with Crippen LogP contribution in [0.2, 0.25) is 0 Å². The third-order valence-corrected chi connectivity index (χ3v) is 9.19. The van der Waals surface area contributed by atoms with Gasteiger partial charge in [0.1, 0.15) is 5.75 Å². The maximum absolute atomic E-state index is 13.5. The van der Waals surface area contributed by atoms with Gasteiger partial charge in [0.25, 0.3) is 0 Å². The van der Waals surface area contributed by atoms with Crippen molar-refractivity contribution in [3.8, 4) is 5.75 Å². The van der Waals surface area contributed by atoms with Crippen molar-refractivity contribution in [3.05, 3.63) is 110 Å². The summed E-state index contributed by atoms with van der Waals surface area (Å²) < 4.78 is 86.6. The van der Waals surface area contributed by atoms with Gasteiger partial charge in [-0.3, -0.25) is 19.5 Å². The van der Waals surface area contributed by atoms with Gasteiger partial charge in [-0.2, -0.15) is 26.3 Å². The second kappa shape index (κ2) is 11.3. The van der Waals surface area contributed by atoms with Crippen LogP contribution in [0.5, 0.6) is 5.75 Å². The summed E-state index contributed by atoms with van der Waals surface area (Å²) in [5.74, 6) is 1.20. The van der Waals surface area contributed by atoms with Gasteiger partial charge in [-0.1, -0.05) is 6.08 Å². The van der Waals surface area contributed by atoms with Crippen molar-refractivity contribution in [3.63, 3.8) is 0 Å². The zero-order chi connectivity index (χ0) is 32.3. The van der Waals surface area contributed by atoms with Crippen LogP contribution in [-0.4, -0.2) is 36.1 Å². The Morgan fingerprint density at radius 3 is 2.36 bits per heavy atom. The number of methoxy groups -OCH3 is 1. The number of anilines is 1. The normalized spacial score (nSPS) is 22.5. The van der Waals surface area contributed by atoms with Crippen molar-refractivity contribution >= 4 is 16.6 Å². The maximum atomic E-state index is 13.5. The zero-order valence-corrected chi connectivity index (χ0v) is 24.1. The topological polar surface area (TPSA) is 71.5 Å². The molecule has 4 aromatic rings. The molecule has 3 saturated heterocycles. The van der Waals surface area contributed by atoms with E-state index in [0.717, 1.165) is 36.9 Å². The third-order valence-electron chi connectivity index (χ3n) is 9.19. The maximum Gasteiger partial charge on any atom is 0.416 e. The summed E-state index contributed by atoms with van der Waals surface area (Å²) in [5, 5.41) is 4.00. The second-order valence-electron chi connectivity index (χ2n) is 11.8. The molecule has 236 valence electrons. The highest BCUT2D eigenvalue weighted by Gasteiger charge is 2.44. The Balaban J connectivity index is 1.43. The van der Waals surface area contributed by atoms with E-state index in [1.54, 1.807) is 24.4 Å². The summed E-state index contributed by atoms with van der Waals surface area (Å²) in [4.78, 5) is 32.6. The molecule has 0 amide bonds. The van der Waals surface area contributed by atoms with E-state index >= 15 is 0 Å². The Kier molecular flexibility index (Phi) is 7.75. The van der Waals surface area contributed by atoms with E-state index in [1.165, 1.54) is 7.11 Å². The van der Waals surface area contributed by atoms with Crippen LogP contribution >= 0.6 is 0 Å². The van der Waals surface area contributed by atoms with E-state index in [-0.39, 0.29) is 34.8 Å². The molecule has 3 aliphatic heterocycles. The van der Waals surface area contributed by atoms with Crippen LogP contribution in [0.15, 0.2) is 70.9 Å². The minimum atomic E-state index is -5.04. The van der Waals surface area contributed by atoms with Gasteiger partial charge < -0.3 is 10.1 Å². The first-order chi connectivity index (χ1) is 21.3. The summed E-state index contributed by atoms with van der Waals surface area (Å²) in [6.45, 7) is 5.52. The Bertz CT molecular complexity index is 1810. The lowest BCUT2D eigenvalue weighted by Crippen LogP contribution is -2.56. The fourth-order valence-electron chi connectivity index (χ4n) is 6.89. The SMILES string of the molecule is C=C[C@H]1CN2CC[C@H]1C[C@H]2[C@@H](Nc1c(Cc2cc(C(F)(F)F)cc(C(F)(F)F)c2)c(=O)c1=O)c1ccnc2ccc(OC)cc12. The van der Waals surface area contributed by atoms with Crippen molar-refractivity contribution in [2.24, 2.45) is 11.8 Å². The molecule has 0 radical (unpaired) electrons. The minimum absolute atomic E-state index is 0.0344. The zero-order valence-electron chi connectivity index (χ0n) is 24.1. The first-order valence-electron chi connectivity index (χ1n) is 14.4. The Morgan fingerprint density at radius 2 is 1.76 bits per heavy atom. The van der Waals surface area contributed by atoms with E-state index in [2.05, 4.69) is 21.8 Å². The molecule has 0 aliphatic carbocycles. The number of pyridine rings is 1. The highest BCUT2D eigenvalue weighted by Crippen LogP contribution is 2.44. The summed E-state index contributed by atoms with van der Waals surface area (Å²) in [6.07, 6.45) is -5.38. The van der Waals surface area contributed by atoms with Crippen LogP contribution in [0.3, 0.4) is 0 Å². The summed E-state index contributed by atoms with van der Waals surface area (Å²) in [5.41, 5.74) is -4.00. The molecule has 12 heteroatoms. The summed E-state index contributed by atoms with van der Waals surface area (Å²) >= 11 is 0. The summed E-state index contributed by atoms with van der Waals surface area (Å²) in [7, 11) is 1.53. The number of nitrogens with zero attached hydrogens (tertiary/aromatic N) is 2. The van der Waals surface area contributed by atoms with Gasteiger partial charge in [0.15, 0.2) is 0 Å². The smallest absolute Gasteiger partial charge is 0.416 e. The molecule has 1 aromatic heterocycles. The van der Waals surface area contributed by atoms with E-state index in [9.17, 15) is 35.9 Å². The minimum Gasteiger partial charge on any atom is -0.497 e. The molecule has 3 aromatic carbocycles. The molecule has 1 N–H and O–H groups in total. The standard InChI is InChI=1S/C33H29F6N3O3/c1-3-18-16-42-9-7-19(18)13-27(42)28(23-6-8-40-26-5-4-22(45-2)15-24(23)26)41-29-25(30(43)31(29)44)12-17-10-20(32(34,35)36)14-21(11-17)33(37,38)39/h3-6,8,10-11,14-15,18-19,27-28,41H,1,7,9,12-13,16H2,2H3/t18-,19-,27-,28-/m0/s1. The number of nitrogens with one attached hydrogen (secondary N) is 1. The molecular formula is C33H29F6N3O3. The first-order valence-corrected chi connectivity index (χ1v) is 14.4. The van der Waals surface area contributed by atoms with Gasteiger partial charge in [0.2, 0.25) is 10.9 Å². The van der Waals surface area contributed by atoms with Crippen LogP contribution in [0, 0.1) is 11.8 Å². The quantitative estimate of drug-likeness (QED) is 0.136. The number of hydrogen-bond acceptors (Lipinski definition) is 6. The number of halogens is 6. The monoisotopic (exact) mass is 629 g/mol. The van der Waals surface area contributed by atoms with Crippen molar-refractivity contribution < 1.29 is 31.1 Å². The van der Waals surface area contributed by atoms with Crippen molar-refractivity contribution in [1.82, 2.24) is 9.88 Å². The van der Waals surface area contributed by atoms with E-state index in [0.29, 0.717) is 29.3 Å². The van der Waals surface area contributed by atoms with Crippen LogP contribution < -0.4 is 20.9 Å². The van der Waals surface area contributed by atoms with Crippen LogP contribution in [-0.2, 0) is 18.8 Å². The Hall–Kier alpha value is -4.19. The van der Waals surface area contributed by atoms with Crippen LogP contribution in [0.25, 0.3) is 10.9 Å². The molecule has 5 atom stereocenters. The van der Waals surface area contributed by atoms with Gasteiger partial charge in [0.05, 0.1) is 35.5 Å². The molecule has 6 nitrogen and oxygen atoms in total. The highest BCUT2D eigenvalue weighted by atomic mass is 19.4. The molecule has 4 heterocycles. The van der Waals surface area contributed by atoms with E-state index in [1.807, 2.05) is 12.1 Å². The van der Waals surface area contributed by atoms with E-state index in [4.69, 9.17) is 4.74 Å². The second-order valence-corrected chi connectivity index (χ2v) is 11.8. The Labute approximate surface area is 254 Å². The van der Waals surface area contributed by atoms with Gasteiger partial charge in [-0.05, 0) is 84.8 Å². The fourth-order valence-corrected chi connectivity index (χ4v) is 6.89. The average Bonchev–Trinajstić information content (AvgIpc) is 3.03. The van der Waals surface area contributed by atoms with Crippen molar-refractivity contribution in [1.29, 1.82) is 0 Å². The molecule has 2 bridgehead atoms. The number of fused-ring (bicyclic) bond motifs is 4. The largest absolute Gasteiger partial charge is 0.497 e. The van der Waals surface area contributed by atoms with Gasteiger partial charge in [-0.15, -0.1) is 6.58 Å². The fraction of sp³-hybridized carbons (Fsp3) is 0.364. The molecule has 3 aliphatic rings. The lowest BCUT2D eigenvalue weighted by Gasteiger charge is -2.52. The predicted molar refractivity (Wildman–Crippen MR) is 157 cm³/mol. The summed E-state index contributed by atoms with van der Waals surface area (Å²) in [6, 6.07) is 7.68. The van der Waals surface area contributed by atoms with Gasteiger partial charge in [0, 0.05) is 36.2 Å². The number of rotatable bonds is 8. The number of aromatic nitrogens is 1. The number of benzene rings is 2. The highest BCUT2D eigenvalue weighted by molar-refractivity contribution is 5.84. The van der Waals surface area contributed by atoms with Crippen LogP contribution in [0.1, 0.15) is 46.7 Å². The molecule has 7 rings (SSSR count). The lowest BCUT2D eigenvalue weighted by atomic mass is 9.73. The third kappa shape index (κ3) is 5.71. The molecule has 0 saturated carbocycles. The first kappa shape index (κ1) is 30.8. The number of hydrogen-bond donors (Lipinski definition) is 1. The number of ether oxygens (including phenoxy) is 1. The molecule has 1 unspecified atom stereocenters. The molecule has 0 spiro atoms. The molecule has 45 heavy (non-hydrogen) atoms. The molecular weight excluding hydrogens is 600 g/mol. The van der Waals surface area contributed by atoms with Gasteiger partial charge in [-0.25, -0.2) is 0 Å². The Morgan fingerprint density at radius 1 is 1.04 bits per heavy atom. The average molecular weight is 630 g/mol. The van der Waals surface area contributed by atoms with Crippen molar-refractivity contribution in [2.45, 2.75) is 43.7 Å². The van der Waals surface area contributed by atoms with Crippen LogP contribution in [0.4, 0.5) is 32.0 Å². The predicted octanol–water partition coefficient (Wildman–Crippen LogP) is 6.52. The van der Waals surface area contributed by atoms with Gasteiger partial charge >= 0.3 is 12.4 Å².